The molecule has 0 saturated heterocycles. The first-order valence-electron chi connectivity index (χ1n) is 12.8. The number of likely N-dealkylation sites (N-methyl/N-ethyl adjacent to an activating group) is 1. The number of aromatic nitrogens is 1. The third-order valence-electron chi connectivity index (χ3n) is 6.26. The fourth-order valence-corrected chi connectivity index (χ4v) is 5.78. The number of carbonyl (C=O) groups is 1. The van der Waals surface area contributed by atoms with Crippen molar-refractivity contribution in [3.8, 4) is 5.75 Å². The summed E-state index contributed by atoms with van der Waals surface area (Å²) in [5.41, 5.74) is 1.62. The summed E-state index contributed by atoms with van der Waals surface area (Å²) < 4.78 is 39.1. The molecular formula is C29H37N3O6S. The van der Waals surface area contributed by atoms with Gasteiger partial charge in [-0.05, 0) is 48.2 Å². The lowest BCUT2D eigenvalue weighted by atomic mass is 10.00. The Morgan fingerprint density at radius 2 is 1.64 bits per heavy atom. The summed E-state index contributed by atoms with van der Waals surface area (Å²) in [5, 5.41) is 11.5. The molecule has 0 radical (unpaired) electrons. The van der Waals surface area contributed by atoms with Crippen LogP contribution in [0.25, 0.3) is 0 Å². The zero-order valence-corrected chi connectivity index (χ0v) is 23.6. The second-order valence-corrected chi connectivity index (χ2v) is 11.7. The summed E-state index contributed by atoms with van der Waals surface area (Å²) in [6, 6.07) is 18.4. The molecule has 1 heterocycles. The average Bonchev–Trinajstić information content (AvgIpc) is 2.94. The predicted octanol–water partition coefficient (Wildman–Crippen LogP) is 3.98. The molecule has 0 bridgehead atoms. The molecule has 0 aliphatic carbocycles. The Morgan fingerprint density at radius 1 is 0.974 bits per heavy atom. The molecule has 0 unspecified atom stereocenters. The highest BCUT2D eigenvalue weighted by molar-refractivity contribution is 7.89. The van der Waals surface area contributed by atoms with E-state index < -0.39 is 28.3 Å². The smallest absolute Gasteiger partial charge is 0.410 e. The van der Waals surface area contributed by atoms with Gasteiger partial charge in [-0.25, -0.2) is 13.2 Å². The monoisotopic (exact) mass is 555 g/mol. The SMILES string of the molecule is COc1ccc(S(=O)(=O)N(CC(C)C)C[C@@H](O)[C@H](Cc2ccccc2)N(C)C(=O)OCc2cccnc2)cc1. The lowest BCUT2D eigenvalue weighted by molar-refractivity contribution is 0.0332. The van der Waals surface area contributed by atoms with Crippen LogP contribution in [0.3, 0.4) is 0 Å². The van der Waals surface area contributed by atoms with Crippen molar-refractivity contribution >= 4 is 16.1 Å². The van der Waals surface area contributed by atoms with E-state index in [2.05, 4.69) is 4.98 Å². The Balaban J connectivity index is 1.84. The first-order valence-corrected chi connectivity index (χ1v) is 14.2. The van der Waals surface area contributed by atoms with Gasteiger partial charge < -0.3 is 19.5 Å². The van der Waals surface area contributed by atoms with E-state index in [0.29, 0.717) is 12.2 Å². The van der Waals surface area contributed by atoms with Crippen LogP contribution in [-0.4, -0.2) is 73.2 Å². The van der Waals surface area contributed by atoms with Crippen molar-refractivity contribution < 1.29 is 27.8 Å². The number of rotatable bonds is 13. The van der Waals surface area contributed by atoms with Crippen LogP contribution in [0.4, 0.5) is 4.79 Å². The van der Waals surface area contributed by atoms with Gasteiger partial charge in [0, 0.05) is 38.1 Å². The number of nitrogens with zero attached hydrogens (tertiary/aromatic N) is 3. The van der Waals surface area contributed by atoms with Crippen molar-refractivity contribution in [2.75, 3.05) is 27.2 Å². The van der Waals surface area contributed by atoms with Crippen molar-refractivity contribution in [2.45, 2.75) is 43.9 Å². The molecule has 210 valence electrons. The first-order chi connectivity index (χ1) is 18.6. The van der Waals surface area contributed by atoms with Gasteiger partial charge >= 0.3 is 6.09 Å². The van der Waals surface area contributed by atoms with Gasteiger partial charge in [0.05, 0.1) is 24.2 Å². The summed E-state index contributed by atoms with van der Waals surface area (Å²) in [6.07, 6.45) is 1.71. The van der Waals surface area contributed by atoms with E-state index in [1.807, 2.05) is 44.2 Å². The molecule has 39 heavy (non-hydrogen) atoms. The van der Waals surface area contributed by atoms with Gasteiger partial charge in [-0.1, -0.05) is 50.2 Å². The molecule has 1 N–H and O–H groups in total. The zero-order chi connectivity index (χ0) is 28.4. The Kier molecular flexibility index (Phi) is 10.8. The predicted molar refractivity (Wildman–Crippen MR) is 149 cm³/mol. The number of benzene rings is 2. The molecule has 0 spiro atoms. The number of ether oxygens (including phenoxy) is 2. The highest BCUT2D eigenvalue weighted by Gasteiger charge is 2.34. The maximum atomic E-state index is 13.6. The van der Waals surface area contributed by atoms with Crippen LogP contribution in [-0.2, 0) is 27.8 Å². The van der Waals surface area contributed by atoms with Crippen LogP contribution < -0.4 is 4.74 Å². The molecule has 10 heteroatoms. The fraction of sp³-hybridized carbons (Fsp3) is 0.379. The minimum Gasteiger partial charge on any atom is -0.497 e. The molecule has 0 aliphatic heterocycles. The molecule has 1 amide bonds. The Hall–Kier alpha value is -3.47. The van der Waals surface area contributed by atoms with Gasteiger partial charge in [-0.3, -0.25) is 4.98 Å². The molecule has 2 aromatic carbocycles. The lowest BCUT2D eigenvalue weighted by Gasteiger charge is -2.34. The van der Waals surface area contributed by atoms with Crippen LogP contribution in [0, 0.1) is 5.92 Å². The third kappa shape index (κ3) is 8.51. The van der Waals surface area contributed by atoms with E-state index in [4.69, 9.17) is 9.47 Å². The normalized spacial score (nSPS) is 13.2. The molecule has 0 aliphatic rings. The van der Waals surface area contributed by atoms with Crippen LogP contribution >= 0.6 is 0 Å². The van der Waals surface area contributed by atoms with Gasteiger partial charge in [0.2, 0.25) is 10.0 Å². The largest absolute Gasteiger partial charge is 0.497 e. The van der Waals surface area contributed by atoms with Crippen LogP contribution in [0.2, 0.25) is 0 Å². The van der Waals surface area contributed by atoms with Gasteiger partial charge in [0.1, 0.15) is 12.4 Å². The highest BCUT2D eigenvalue weighted by Crippen LogP contribution is 2.23. The number of methoxy groups -OCH3 is 1. The molecule has 0 saturated carbocycles. The van der Waals surface area contributed by atoms with Crippen LogP contribution in [0.1, 0.15) is 25.0 Å². The molecule has 3 rings (SSSR count). The van der Waals surface area contributed by atoms with Gasteiger partial charge in [-0.15, -0.1) is 0 Å². The van der Waals surface area contributed by atoms with Crippen molar-refractivity contribution in [1.29, 1.82) is 0 Å². The quantitative estimate of drug-likeness (QED) is 0.340. The van der Waals surface area contributed by atoms with Crippen LogP contribution in [0.5, 0.6) is 5.75 Å². The Bertz CT molecular complexity index is 1270. The van der Waals surface area contributed by atoms with E-state index in [1.54, 1.807) is 43.7 Å². The molecular weight excluding hydrogens is 518 g/mol. The number of aliphatic hydroxyl groups excluding tert-OH is 1. The second kappa shape index (κ2) is 14.1. The number of amides is 1. The topological polar surface area (TPSA) is 109 Å². The van der Waals surface area contributed by atoms with E-state index in [0.717, 1.165) is 11.1 Å². The summed E-state index contributed by atoms with van der Waals surface area (Å²) in [6.45, 7) is 3.83. The minimum atomic E-state index is -3.94. The summed E-state index contributed by atoms with van der Waals surface area (Å²) in [5.74, 6) is 0.540. The number of pyridine rings is 1. The molecule has 3 aromatic rings. The molecule has 2 atom stereocenters. The number of aliphatic hydroxyl groups is 1. The van der Waals surface area contributed by atoms with Crippen LogP contribution in [0.15, 0.2) is 84.0 Å². The van der Waals surface area contributed by atoms with E-state index in [1.165, 1.54) is 28.4 Å². The first kappa shape index (κ1) is 30.1. The zero-order valence-electron chi connectivity index (χ0n) is 22.8. The molecule has 0 fully saturated rings. The maximum absolute atomic E-state index is 13.6. The van der Waals surface area contributed by atoms with Crippen molar-refractivity contribution in [3.05, 3.63) is 90.3 Å². The minimum absolute atomic E-state index is 0.0000246. The Morgan fingerprint density at radius 3 is 2.23 bits per heavy atom. The number of hydrogen-bond acceptors (Lipinski definition) is 7. The van der Waals surface area contributed by atoms with Crippen molar-refractivity contribution in [2.24, 2.45) is 5.92 Å². The summed E-state index contributed by atoms with van der Waals surface area (Å²) in [4.78, 5) is 18.5. The van der Waals surface area contributed by atoms with E-state index in [-0.39, 0.29) is 30.5 Å². The third-order valence-corrected chi connectivity index (χ3v) is 8.10. The number of sulfonamides is 1. The summed E-state index contributed by atoms with van der Waals surface area (Å²) >= 11 is 0. The number of hydrogen-bond donors (Lipinski definition) is 1. The maximum Gasteiger partial charge on any atom is 0.410 e. The average molecular weight is 556 g/mol. The van der Waals surface area contributed by atoms with Crippen molar-refractivity contribution in [3.63, 3.8) is 0 Å². The molecule has 9 nitrogen and oxygen atoms in total. The lowest BCUT2D eigenvalue weighted by Crippen LogP contribution is -2.51. The number of carbonyl (C=O) groups excluding carboxylic acids is 1. The summed E-state index contributed by atoms with van der Waals surface area (Å²) in [7, 11) is -0.880. The van der Waals surface area contributed by atoms with Gasteiger partial charge in [0.25, 0.3) is 0 Å². The highest BCUT2D eigenvalue weighted by atomic mass is 32.2. The van der Waals surface area contributed by atoms with E-state index >= 15 is 0 Å². The Labute approximate surface area is 231 Å². The molecule has 1 aromatic heterocycles. The standard InChI is InChI=1S/C29H37N3O6S/c1-22(2)19-32(39(35,36)26-14-12-25(37-4)13-15-26)20-28(33)27(17-23-9-6-5-7-10-23)31(3)29(34)38-21-24-11-8-16-30-18-24/h5-16,18,22,27-28,33H,17,19-21H2,1-4H3/t27-,28+/m0/s1. The van der Waals surface area contributed by atoms with Gasteiger partial charge in [0.15, 0.2) is 0 Å². The fourth-order valence-electron chi connectivity index (χ4n) is 4.16. The van der Waals surface area contributed by atoms with E-state index in [9.17, 15) is 18.3 Å². The second-order valence-electron chi connectivity index (χ2n) is 9.74. The van der Waals surface area contributed by atoms with Gasteiger partial charge in [-0.2, -0.15) is 4.31 Å². The van der Waals surface area contributed by atoms with Crippen molar-refractivity contribution in [1.82, 2.24) is 14.2 Å².